The Hall–Kier alpha value is -1.02. The largest absolute Gasteiger partial charge is 0.492 e. The summed E-state index contributed by atoms with van der Waals surface area (Å²) in [6.45, 7) is 10.9. The van der Waals surface area contributed by atoms with E-state index in [1.807, 2.05) is 0 Å². The molecule has 2 heteroatoms. The summed E-state index contributed by atoms with van der Waals surface area (Å²) in [4.78, 5) is 0. The molecule has 1 saturated heterocycles. The quantitative estimate of drug-likeness (QED) is 0.779. The summed E-state index contributed by atoms with van der Waals surface area (Å²) < 4.78 is 11.2. The molecule has 1 aromatic rings. The molecule has 0 unspecified atom stereocenters. The molecule has 2 rings (SSSR count). The number of aryl methyl sites for hydroxylation is 3. The van der Waals surface area contributed by atoms with Gasteiger partial charge in [0.2, 0.25) is 0 Å². The molecule has 0 radical (unpaired) electrons. The SMILES string of the molecule is Cc1cc(C)c(OCC2(C)COC2)c(C)c1. The third-order valence-electron chi connectivity index (χ3n) is 3.07. The van der Waals surface area contributed by atoms with Crippen molar-refractivity contribution < 1.29 is 9.47 Å². The number of ether oxygens (including phenoxy) is 2. The predicted molar refractivity (Wildman–Crippen MR) is 65.1 cm³/mol. The van der Waals surface area contributed by atoms with Crippen molar-refractivity contribution in [3.63, 3.8) is 0 Å². The Balaban J connectivity index is 2.09. The topological polar surface area (TPSA) is 18.5 Å². The van der Waals surface area contributed by atoms with E-state index < -0.39 is 0 Å². The van der Waals surface area contributed by atoms with Crippen molar-refractivity contribution in [2.75, 3.05) is 19.8 Å². The molecule has 0 aliphatic carbocycles. The maximum Gasteiger partial charge on any atom is 0.125 e. The van der Waals surface area contributed by atoms with Crippen molar-refractivity contribution in [3.05, 3.63) is 28.8 Å². The highest BCUT2D eigenvalue weighted by Crippen LogP contribution is 2.30. The number of benzene rings is 1. The average Bonchev–Trinajstić information content (AvgIpc) is 2.13. The summed E-state index contributed by atoms with van der Waals surface area (Å²) in [6, 6.07) is 4.34. The minimum Gasteiger partial charge on any atom is -0.492 e. The summed E-state index contributed by atoms with van der Waals surface area (Å²) in [6.07, 6.45) is 0. The standard InChI is InChI=1S/C14H20O2/c1-10-5-11(2)13(12(3)6-10)16-9-14(4)7-15-8-14/h5-6H,7-9H2,1-4H3. The van der Waals surface area contributed by atoms with Crippen LogP contribution in [0.3, 0.4) is 0 Å². The van der Waals surface area contributed by atoms with Gasteiger partial charge in [-0.05, 0) is 31.9 Å². The predicted octanol–water partition coefficient (Wildman–Crippen LogP) is 3.03. The van der Waals surface area contributed by atoms with E-state index in [9.17, 15) is 0 Å². The van der Waals surface area contributed by atoms with Gasteiger partial charge >= 0.3 is 0 Å². The zero-order valence-electron chi connectivity index (χ0n) is 10.6. The van der Waals surface area contributed by atoms with Gasteiger partial charge in [-0.3, -0.25) is 0 Å². The van der Waals surface area contributed by atoms with Gasteiger partial charge in [0.15, 0.2) is 0 Å². The smallest absolute Gasteiger partial charge is 0.125 e. The summed E-state index contributed by atoms with van der Waals surface area (Å²) in [5.74, 6) is 1.04. The third-order valence-corrected chi connectivity index (χ3v) is 3.07. The van der Waals surface area contributed by atoms with Gasteiger partial charge in [0.1, 0.15) is 5.75 Å². The fraction of sp³-hybridized carbons (Fsp3) is 0.571. The molecule has 0 aromatic heterocycles. The van der Waals surface area contributed by atoms with Crippen LogP contribution < -0.4 is 4.74 Å². The van der Waals surface area contributed by atoms with Crippen LogP contribution in [0, 0.1) is 26.2 Å². The van der Waals surface area contributed by atoms with E-state index >= 15 is 0 Å². The second-order valence-electron chi connectivity index (χ2n) is 5.32. The monoisotopic (exact) mass is 220 g/mol. The lowest BCUT2D eigenvalue weighted by molar-refractivity contribution is -0.120. The van der Waals surface area contributed by atoms with Crippen LogP contribution in [0.25, 0.3) is 0 Å². The van der Waals surface area contributed by atoms with Crippen LogP contribution in [0.2, 0.25) is 0 Å². The lowest BCUT2D eigenvalue weighted by Gasteiger charge is -2.37. The Morgan fingerprint density at radius 1 is 1.19 bits per heavy atom. The minimum atomic E-state index is 0.212. The molecule has 16 heavy (non-hydrogen) atoms. The second kappa shape index (κ2) is 4.10. The van der Waals surface area contributed by atoms with E-state index in [0.29, 0.717) is 0 Å². The third kappa shape index (κ3) is 2.22. The van der Waals surface area contributed by atoms with Gasteiger partial charge < -0.3 is 9.47 Å². The van der Waals surface area contributed by atoms with E-state index in [0.717, 1.165) is 25.6 Å². The molecule has 2 nitrogen and oxygen atoms in total. The van der Waals surface area contributed by atoms with Crippen LogP contribution in [0.1, 0.15) is 23.6 Å². The fourth-order valence-electron chi connectivity index (χ4n) is 2.17. The van der Waals surface area contributed by atoms with Crippen molar-refractivity contribution in [1.29, 1.82) is 0 Å². The Kier molecular flexibility index (Phi) is 2.94. The molecule has 1 fully saturated rings. The number of hydrogen-bond acceptors (Lipinski definition) is 2. The molecule has 1 aromatic carbocycles. The second-order valence-corrected chi connectivity index (χ2v) is 5.32. The maximum atomic E-state index is 5.95. The molecular formula is C14H20O2. The Morgan fingerprint density at radius 2 is 1.75 bits per heavy atom. The van der Waals surface area contributed by atoms with Crippen LogP contribution in [0.15, 0.2) is 12.1 Å². The van der Waals surface area contributed by atoms with Crippen LogP contribution in [-0.2, 0) is 4.74 Å². The molecule has 0 saturated carbocycles. The van der Waals surface area contributed by atoms with Gasteiger partial charge in [-0.1, -0.05) is 24.6 Å². The van der Waals surface area contributed by atoms with Gasteiger partial charge in [0, 0.05) is 5.41 Å². The first-order valence-corrected chi connectivity index (χ1v) is 5.79. The fourth-order valence-corrected chi connectivity index (χ4v) is 2.17. The Morgan fingerprint density at radius 3 is 2.19 bits per heavy atom. The highest BCUT2D eigenvalue weighted by Gasteiger charge is 2.34. The van der Waals surface area contributed by atoms with E-state index in [1.54, 1.807) is 0 Å². The molecule has 0 atom stereocenters. The van der Waals surface area contributed by atoms with Gasteiger partial charge in [-0.25, -0.2) is 0 Å². The zero-order valence-corrected chi connectivity index (χ0v) is 10.6. The van der Waals surface area contributed by atoms with Crippen LogP contribution >= 0.6 is 0 Å². The molecule has 0 N–H and O–H groups in total. The molecule has 0 spiro atoms. The minimum absolute atomic E-state index is 0.212. The van der Waals surface area contributed by atoms with Crippen LogP contribution in [-0.4, -0.2) is 19.8 Å². The highest BCUT2D eigenvalue weighted by molar-refractivity contribution is 5.42. The van der Waals surface area contributed by atoms with Gasteiger partial charge in [-0.15, -0.1) is 0 Å². The Bertz CT molecular complexity index is 369. The lowest BCUT2D eigenvalue weighted by Crippen LogP contribution is -2.44. The van der Waals surface area contributed by atoms with Crippen molar-refractivity contribution in [2.24, 2.45) is 5.41 Å². The molecule has 88 valence electrons. The summed E-state index contributed by atoms with van der Waals surface area (Å²) in [5, 5.41) is 0. The zero-order chi connectivity index (χ0) is 11.8. The van der Waals surface area contributed by atoms with Crippen molar-refractivity contribution >= 4 is 0 Å². The summed E-state index contributed by atoms with van der Waals surface area (Å²) >= 11 is 0. The molecule has 1 heterocycles. The number of hydrogen-bond donors (Lipinski definition) is 0. The van der Waals surface area contributed by atoms with Gasteiger partial charge in [0.05, 0.1) is 19.8 Å². The van der Waals surface area contributed by atoms with E-state index in [2.05, 4.69) is 39.8 Å². The maximum absolute atomic E-state index is 5.95. The van der Waals surface area contributed by atoms with E-state index in [4.69, 9.17) is 9.47 Å². The molecule has 0 bridgehead atoms. The first-order valence-electron chi connectivity index (χ1n) is 5.79. The lowest BCUT2D eigenvalue weighted by atomic mass is 9.90. The molecule has 1 aliphatic rings. The van der Waals surface area contributed by atoms with Gasteiger partial charge in [0.25, 0.3) is 0 Å². The van der Waals surface area contributed by atoms with Gasteiger partial charge in [-0.2, -0.15) is 0 Å². The van der Waals surface area contributed by atoms with Crippen molar-refractivity contribution in [2.45, 2.75) is 27.7 Å². The molecule has 1 aliphatic heterocycles. The van der Waals surface area contributed by atoms with Crippen LogP contribution in [0.4, 0.5) is 0 Å². The first kappa shape index (κ1) is 11.5. The molecular weight excluding hydrogens is 200 g/mol. The Labute approximate surface area is 97.6 Å². The summed E-state index contributed by atoms with van der Waals surface area (Å²) in [5.41, 5.74) is 3.95. The summed E-state index contributed by atoms with van der Waals surface area (Å²) in [7, 11) is 0. The first-order chi connectivity index (χ1) is 7.50. The average molecular weight is 220 g/mol. The van der Waals surface area contributed by atoms with Crippen LogP contribution in [0.5, 0.6) is 5.75 Å². The van der Waals surface area contributed by atoms with Crippen molar-refractivity contribution in [3.8, 4) is 5.75 Å². The highest BCUT2D eigenvalue weighted by atomic mass is 16.5. The normalized spacial score (nSPS) is 18.0. The van der Waals surface area contributed by atoms with Crippen molar-refractivity contribution in [1.82, 2.24) is 0 Å². The van der Waals surface area contributed by atoms with E-state index in [-0.39, 0.29) is 5.41 Å². The number of rotatable bonds is 3. The van der Waals surface area contributed by atoms with E-state index in [1.165, 1.54) is 16.7 Å². The molecule has 0 amide bonds.